The van der Waals surface area contributed by atoms with Crippen molar-refractivity contribution in [1.29, 1.82) is 0 Å². The number of hydrogen-bond acceptors (Lipinski definition) is 1. The van der Waals surface area contributed by atoms with Crippen LogP contribution in [0.15, 0.2) is 46.9 Å². The van der Waals surface area contributed by atoms with Crippen molar-refractivity contribution in [2.24, 2.45) is 0 Å². The molecule has 2 aromatic rings. The van der Waals surface area contributed by atoms with E-state index in [1.54, 1.807) is 6.07 Å². The van der Waals surface area contributed by atoms with Crippen LogP contribution in [0.2, 0.25) is 10.0 Å². The molecule has 0 aliphatic carbocycles. The van der Waals surface area contributed by atoms with Crippen molar-refractivity contribution in [3.8, 4) is 0 Å². The third kappa shape index (κ3) is 4.78. The molecule has 0 bridgehead atoms. The first-order valence-corrected chi connectivity index (χ1v) is 8.01. The molecule has 1 N–H and O–H groups in total. The number of halogens is 3. The normalized spacial score (nSPS) is 12.4. The van der Waals surface area contributed by atoms with Crippen LogP contribution >= 0.6 is 39.1 Å². The second-order valence-electron chi connectivity index (χ2n) is 4.85. The Hall–Kier alpha value is -0.540. The Bertz CT molecular complexity index is 569. The van der Waals surface area contributed by atoms with E-state index >= 15 is 0 Å². The summed E-state index contributed by atoms with van der Waals surface area (Å²) in [6.07, 6.45) is 0.985. The van der Waals surface area contributed by atoms with E-state index in [1.165, 1.54) is 5.56 Å². The van der Waals surface area contributed by atoms with Gasteiger partial charge < -0.3 is 5.32 Å². The Labute approximate surface area is 138 Å². The van der Waals surface area contributed by atoms with Crippen LogP contribution in [0.5, 0.6) is 0 Å². The molecule has 106 valence electrons. The van der Waals surface area contributed by atoms with Gasteiger partial charge in [0.2, 0.25) is 0 Å². The van der Waals surface area contributed by atoms with E-state index in [4.69, 9.17) is 23.2 Å². The molecule has 1 unspecified atom stereocenters. The van der Waals surface area contributed by atoms with Crippen LogP contribution in [0.25, 0.3) is 0 Å². The molecular weight excluding hydrogens is 357 g/mol. The molecule has 2 aromatic carbocycles. The molecule has 0 aliphatic rings. The quantitative estimate of drug-likeness (QED) is 0.732. The van der Waals surface area contributed by atoms with Gasteiger partial charge in [-0.15, -0.1) is 0 Å². The van der Waals surface area contributed by atoms with E-state index in [0.717, 1.165) is 23.0 Å². The third-order valence-corrected chi connectivity index (χ3v) is 4.23. The minimum absolute atomic E-state index is 0.378. The molecule has 4 heteroatoms. The van der Waals surface area contributed by atoms with Crippen LogP contribution in [-0.2, 0) is 13.0 Å². The van der Waals surface area contributed by atoms with Crippen molar-refractivity contribution in [3.63, 3.8) is 0 Å². The standard InChI is InChI=1S/C16H16BrCl2N/c1-11(8-12-2-5-14(17)6-3-12)20-10-13-4-7-15(18)9-16(13)19/h2-7,9,11,20H,8,10H2,1H3. The first-order chi connectivity index (χ1) is 9.54. The Morgan fingerprint density at radius 3 is 2.45 bits per heavy atom. The van der Waals surface area contributed by atoms with E-state index in [0.29, 0.717) is 16.1 Å². The summed E-state index contributed by atoms with van der Waals surface area (Å²) in [5, 5.41) is 4.86. The Kier molecular flexibility index (Phi) is 5.91. The Balaban J connectivity index is 1.88. The fraction of sp³-hybridized carbons (Fsp3) is 0.250. The van der Waals surface area contributed by atoms with Gasteiger partial charge in [0.05, 0.1) is 0 Å². The monoisotopic (exact) mass is 371 g/mol. The average Bonchev–Trinajstić information content (AvgIpc) is 2.40. The van der Waals surface area contributed by atoms with Crippen LogP contribution in [-0.4, -0.2) is 6.04 Å². The zero-order valence-corrected chi connectivity index (χ0v) is 14.3. The molecule has 20 heavy (non-hydrogen) atoms. The summed E-state index contributed by atoms with van der Waals surface area (Å²) in [5.74, 6) is 0. The van der Waals surface area contributed by atoms with Gasteiger partial charge in [0.15, 0.2) is 0 Å². The lowest BCUT2D eigenvalue weighted by Gasteiger charge is -2.15. The van der Waals surface area contributed by atoms with E-state index in [-0.39, 0.29) is 0 Å². The van der Waals surface area contributed by atoms with Crippen LogP contribution in [0, 0.1) is 0 Å². The lowest BCUT2D eigenvalue weighted by molar-refractivity contribution is 0.545. The maximum atomic E-state index is 6.16. The van der Waals surface area contributed by atoms with Crippen molar-refractivity contribution >= 4 is 39.1 Å². The smallest absolute Gasteiger partial charge is 0.0465 e. The predicted molar refractivity (Wildman–Crippen MR) is 90.6 cm³/mol. The lowest BCUT2D eigenvalue weighted by atomic mass is 10.1. The summed E-state index contributed by atoms with van der Waals surface area (Å²) < 4.78 is 1.11. The molecule has 2 rings (SSSR count). The van der Waals surface area contributed by atoms with Gasteiger partial charge in [-0.2, -0.15) is 0 Å². The molecule has 0 spiro atoms. The van der Waals surface area contributed by atoms with Crippen molar-refractivity contribution in [2.45, 2.75) is 25.9 Å². The average molecular weight is 373 g/mol. The highest BCUT2D eigenvalue weighted by molar-refractivity contribution is 9.10. The zero-order chi connectivity index (χ0) is 14.5. The van der Waals surface area contributed by atoms with Gasteiger partial charge in [0.1, 0.15) is 0 Å². The number of benzene rings is 2. The first kappa shape index (κ1) is 15.8. The maximum absolute atomic E-state index is 6.16. The minimum atomic E-state index is 0.378. The molecule has 1 nitrogen and oxygen atoms in total. The molecule has 0 fully saturated rings. The molecule has 1 atom stereocenters. The van der Waals surface area contributed by atoms with E-state index < -0.39 is 0 Å². The number of hydrogen-bond donors (Lipinski definition) is 1. The Morgan fingerprint density at radius 2 is 1.80 bits per heavy atom. The molecule has 0 saturated carbocycles. The van der Waals surface area contributed by atoms with Crippen molar-refractivity contribution in [2.75, 3.05) is 0 Å². The summed E-state index contributed by atoms with van der Waals surface area (Å²) in [7, 11) is 0. The number of rotatable bonds is 5. The van der Waals surface area contributed by atoms with Gasteiger partial charge in [0.25, 0.3) is 0 Å². The molecule has 0 saturated heterocycles. The maximum Gasteiger partial charge on any atom is 0.0465 e. The highest BCUT2D eigenvalue weighted by atomic mass is 79.9. The molecule has 0 amide bonds. The van der Waals surface area contributed by atoms with E-state index in [1.807, 2.05) is 12.1 Å². The van der Waals surface area contributed by atoms with Crippen molar-refractivity contribution < 1.29 is 0 Å². The third-order valence-electron chi connectivity index (χ3n) is 3.11. The van der Waals surface area contributed by atoms with Crippen LogP contribution < -0.4 is 5.32 Å². The molecule has 0 aliphatic heterocycles. The minimum Gasteiger partial charge on any atom is -0.310 e. The van der Waals surface area contributed by atoms with Crippen molar-refractivity contribution in [1.82, 2.24) is 5.32 Å². The molecule has 0 radical (unpaired) electrons. The van der Waals surface area contributed by atoms with Crippen LogP contribution in [0.1, 0.15) is 18.1 Å². The topological polar surface area (TPSA) is 12.0 Å². The molecular formula is C16H16BrCl2N. The van der Waals surface area contributed by atoms with Gasteiger partial charge in [-0.05, 0) is 48.7 Å². The zero-order valence-electron chi connectivity index (χ0n) is 11.2. The molecule has 0 heterocycles. The first-order valence-electron chi connectivity index (χ1n) is 6.46. The van der Waals surface area contributed by atoms with Crippen LogP contribution in [0.3, 0.4) is 0 Å². The van der Waals surface area contributed by atoms with Crippen LogP contribution in [0.4, 0.5) is 0 Å². The number of nitrogens with one attached hydrogen (secondary N) is 1. The summed E-state index contributed by atoms with van der Waals surface area (Å²) in [4.78, 5) is 0. The fourth-order valence-electron chi connectivity index (χ4n) is 2.00. The summed E-state index contributed by atoms with van der Waals surface area (Å²) in [5.41, 5.74) is 2.38. The largest absolute Gasteiger partial charge is 0.310 e. The lowest BCUT2D eigenvalue weighted by Crippen LogP contribution is -2.27. The highest BCUT2D eigenvalue weighted by Crippen LogP contribution is 2.21. The highest BCUT2D eigenvalue weighted by Gasteiger charge is 2.06. The summed E-state index contributed by atoms with van der Waals surface area (Å²) in [6.45, 7) is 2.92. The molecule has 0 aromatic heterocycles. The summed E-state index contributed by atoms with van der Waals surface area (Å²) in [6, 6.07) is 14.4. The fourth-order valence-corrected chi connectivity index (χ4v) is 2.74. The van der Waals surface area contributed by atoms with Gasteiger partial charge in [-0.3, -0.25) is 0 Å². The Morgan fingerprint density at radius 1 is 1.10 bits per heavy atom. The van der Waals surface area contributed by atoms with E-state index in [9.17, 15) is 0 Å². The second-order valence-corrected chi connectivity index (χ2v) is 6.61. The summed E-state index contributed by atoms with van der Waals surface area (Å²) >= 11 is 15.5. The van der Waals surface area contributed by atoms with Gasteiger partial charge >= 0.3 is 0 Å². The van der Waals surface area contributed by atoms with E-state index in [2.05, 4.69) is 52.4 Å². The van der Waals surface area contributed by atoms with Gasteiger partial charge in [-0.25, -0.2) is 0 Å². The predicted octanol–water partition coefficient (Wildman–Crippen LogP) is 5.48. The van der Waals surface area contributed by atoms with Gasteiger partial charge in [-0.1, -0.05) is 57.3 Å². The van der Waals surface area contributed by atoms with Crippen molar-refractivity contribution in [3.05, 3.63) is 68.1 Å². The van der Waals surface area contributed by atoms with Gasteiger partial charge in [0, 0.05) is 27.1 Å². The second kappa shape index (κ2) is 7.46. The SMILES string of the molecule is CC(Cc1ccc(Br)cc1)NCc1ccc(Cl)cc1Cl.